The molecule has 0 aromatic heterocycles. The Hall–Kier alpha value is 0.310. The van der Waals surface area contributed by atoms with Gasteiger partial charge in [0.15, 0.2) is 0 Å². The van der Waals surface area contributed by atoms with Gasteiger partial charge in [-0.2, -0.15) is 11.8 Å². The van der Waals surface area contributed by atoms with E-state index in [1.807, 2.05) is 11.8 Å². The Morgan fingerprint density at radius 1 is 1.33 bits per heavy atom. The summed E-state index contributed by atoms with van der Waals surface area (Å²) in [7, 11) is 0. The number of thioether (sulfide) groups is 1. The topological polar surface area (TPSA) is 20.2 Å². The molecule has 0 spiro atoms. The predicted molar refractivity (Wildman–Crippen MR) is 69.4 cm³/mol. The number of aliphatic hydroxyl groups is 1. The van der Waals surface area contributed by atoms with E-state index < -0.39 is 0 Å². The zero-order chi connectivity index (χ0) is 11.1. The van der Waals surface area contributed by atoms with Gasteiger partial charge in [-0.15, -0.1) is 0 Å². The third kappa shape index (κ3) is 4.78. The van der Waals surface area contributed by atoms with Crippen molar-refractivity contribution in [2.45, 2.75) is 58.5 Å². The van der Waals surface area contributed by atoms with Crippen LogP contribution in [-0.2, 0) is 0 Å². The smallest absolute Gasteiger partial charge is 0.0576 e. The lowest BCUT2D eigenvalue weighted by Crippen LogP contribution is -2.27. The SMILES string of the molecule is CCSCCC(O)C1CCCC(CC)C1. The second kappa shape index (κ2) is 7.56. The monoisotopic (exact) mass is 230 g/mol. The molecule has 90 valence electrons. The van der Waals surface area contributed by atoms with Crippen LogP contribution in [0.1, 0.15) is 52.4 Å². The Kier molecular flexibility index (Phi) is 6.74. The fourth-order valence-electron chi connectivity index (χ4n) is 2.64. The zero-order valence-corrected chi connectivity index (χ0v) is 11.1. The fourth-order valence-corrected chi connectivity index (χ4v) is 3.33. The summed E-state index contributed by atoms with van der Waals surface area (Å²) in [4.78, 5) is 0. The third-order valence-electron chi connectivity index (χ3n) is 3.71. The van der Waals surface area contributed by atoms with E-state index in [2.05, 4.69) is 13.8 Å². The second-order valence-electron chi connectivity index (χ2n) is 4.75. The Bertz CT molecular complexity index is 161. The highest BCUT2D eigenvalue weighted by Gasteiger charge is 2.25. The summed E-state index contributed by atoms with van der Waals surface area (Å²) < 4.78 is 0. The number of rotatable bonds is 6. The van der Waals surface area contributed by atoms with Gasteiger partial charge in [-0.3, -0.25) is 0 Å². The van der Waals surface area contributed by atoms with Crippen LogP contribution in [0.25, 0.3) is 0 Å². The van der Waals surface area contributed by atoms with E-state index in [-0.39, 0.29) is 6.10 Å². The first-order valence-corrected chi connectivity index (χ1v) is 7.69. The maximum Gasteiger partial charge on any atom is 0.0576 e. The fraction of sp³-hybridized carbons (Fsp3) is 1.00. The van der Waals surface area contributed by atoms with Crippen LogP contribution in [0.15, 0.2) is 0 Å². The van der Waals surface area contributed by atoms with Crippen LogP contribution in [0, 0.1) is 11.8 Å². The predicted octanol–water partition coefficient (Wildman–Crippen LogP) is 3.71. The van der Waals surface area contributed by atoms with Crippen molar-refractivity contribution in [3.63, 3.8) is 0 Å². The van der Waals surface area contributed by atoms with Gasteiger partial charge in [0.2, 0.25) is 0 Å². The van der Waals surface area contributed by atoms with Crippen molar-refractivity contribution in [1.29, 1.82) is 0 Å². The molecule has 0 aromatic rings. The van der Waals surface area contributed by atoms with Crippen molar-refractivity contribution >= 4 is 11.8 Å². The molecule has 0 heterocycles. The highest BCUT2D eigenvalue weighted by atomic mass is 32.2. The molecule has 0 radical (unpaired) electrons. The summed E-state index contributed by atoms with van der Waals surface area (Å²) in [5, 5.41) is 10.1. The van der Waals surface area contributed by atoms with E-state index in [4.69, 9.17) is 0 Å². The summed E-state index contributed by atoms with van der Waals surface area (Å²) >= 11 is 1.95. The minimum Gasteiger partial charge on any atom is -0.393 e. The molecule has 1 nitrogen and oxygen atoms in total. The lowest BCUT2D eigenvalue weighted by molar-refractivity contribution is 0.0663. The van der Waals surface area contributed by atoms with Crippen LogP contribution >= 0.6 is 11.8 Å². The molecular formula is C13H26OS. The average Bonchev–Trinajstić information content (AvgIpc) is 2.29. The first kappa shape index (κ1) is 13.4. The van der Waals surface area contributed by atoms with E-state index in [9.17, 15) is 5.11 Å². The normalized spacial score (nSPS) is 29.0. The third-order valence-corrected chi connectivity index (χ3v) is 4.64. The Morgan fingerprint density at radius 3 is 2.80 bits per heavy atom. The molecule has 2 heteroatoms. The molecule has 1 N–H and O–H groups in total. The molecule has 1 aliphatic rings. The lowest BCUT2D eigenvalue weighted by Gasteiger charge is -2.31. The molecular weight excluding hydrogens is 204 g/mol. The summed E-state index contributed by atoms with van der Waals surface area (Å²) in [6.07, 6.45) is 7.53. The molecule has 1 rings (SSSR count). The van der Waals surface area contributed by atoms with Crippen molar-refractivity contribution in [3.05, 3.63) is 0 Å². The van der Waals surface area contributed by atoms with Gasteiger partial charge in [0, 0.05) is 0 Å². The van der Waals surface area contributed by atoms with Crippen LogP contribution in [0.3, 0.4) is 0 Å². The standard InChI is InChI=1S/C13H26OS/c1-3-11-6-5-7-12(10-11)13(14)8-9-15-4-2/h11-14H,3-10H2,1-2H3. The quantitative estimate of drug-likeness (QED) is 0.702. The largest absolute Gasteiger partial charge is 0.393 e. The maximum atomic E-state index is 10.1. The van der Waals surface area contributed by atoms with Gasteiger partial charge in [0.25, 0.3) is 0 Å². The zero-order valence-electron chi connectivity index (χ0n) is 10.2. The highest BCUT2D eigenvalue weighted by molar-refractivity contribution is 7.99. The van der Waals surface area contributed by atoms with Gasteiger partial charge in [0.1, 0.15) is 0 Å². The van der Waals surface area contributed by atoms with E-state index in [0.29, 0.717) is 5.92 Å². The van der Waals surface area contributed by atoms with Crippen LogP contribution in [0.5, 0.6) is 0 Å². The summed E-state index contributed by atoms with van der Waals surface area (Å²) in [5.41, 5.74) is 0. The van der Waals surface area contributed by atoms with Gasteiger partial charge in [-0.05, 0) is 42.6 Å². The minimum atomic E-state index is -0.0293. The summed E-state index contributed by atoms with van der Waals surface area (Å²) in [6, 6.07) is 0. The van der Waals surface area contributed by atoms with E-state index in [1.165, 1.54) is 37.9 Å². The second-order valence-corrected chi connectivity index (χ2v) is 6.15. The first-order valence-electron chi connectivity index (χ1n) is 6.53. The Balaban J connectivity index is 2.22. The first-order chi connectivity index (χ1) is 7.27. The van der Waals surface area contributed by atoms with E-state index in [1.54, 1.807) is 0 Å². The Labute approximate surface area is 99.0 Å². The molecule has 1 aliphatic carbocycles. The van der Waals surface area contributed by atoms with Crippen LogP contribution in [0.4, 0.5) is 0 Å². The minimum absolute atomic E-state index is 0.0293. The molecule has 0 saturated heterocycles. The van der Waals surface area contributed by atoms with Crippen molar-refractivity contribution in [1.82, 2.24) is 0 Å². The van der Waals surface area contributed by atoms with Crippen molar-refractivity contribution in [2.75, 3.05) is 11.5 Å². The number of hydrogen-bond acceptors (Lipinski definition) is 2. The van der Waals surface area contributed by atoms with Gasteiger partial charge in [-0.1, -0.05) is 33.1 Å². The molecule has 15 heavy (non-hydrogen) atoms. The highest BCUT2D eigenvalue weighted by Crippen LogP contribution is 2.33. The van der Waals surface area contributed by atoms with Crippen molar-refractivity contribution in [2.24, 2.45) is 11.8 Å². The van der Waals surface area contributed by atoms with Gasteiger partial charge < -0.3 is 5.11 Å². The summed E-state index contributed by atoms with van der Waals surface area (Å²) in [6.45, 7) is 4.47. The molecule has 0 amide bonds. The molecule has 3 atom stereocenters. The van der Waals surface area contributed by atoms with Crippen LogP contribution < -0.4 is 0 Å². The van der Waals surface area contributed by atoms with Gasteiger partial charge >= 0.3 is 0 Å². The van der Waals surface area contributed by atoms with Crippen molar-refractivity contribution < 1.29 is 5.11 Å². The average molecular weight is 230 g/mol. The van der Waals surface area contributed by atoms with Crippen molar-refractivity contribution in [3.8, 4) is 0 Å². The van der Waals surface area contributed by atoms with Crippen LogP contribution in [-0.4, -0.2) is 22.7 Å². The summed E-state index contributed by atoms with van der Waals surface area (Å²) in [5.74, 6) is 3.79. The molecule has 1 saturated carbocycles. The molecule has 1 fully saturated rings. The molecule has 3 unspecified atom stereocenters. The lowest BCUT2D eigenvalue weighted by atomic mass is 9.77. The van der Waals surface area contributed by atoms with Gasteiger partial charge in [0.05, 0.1) is 6.10 Å². The molecule has 0 bridgehead atoms. The Morgan fingerprint density at radius 2 is 2.13 bits per heavy atom. The number of aliphatic hydroxyl groups excluding tert-OH is 1. The van der Waals surface area contributed by atoms with E-state index in [0.717, 1.165) is 18.1 Å². The maximum absolute atomic E-state index is 10.1. The molecule has 0 aromatic carbocycles. The van der Waals surface area contributed by atoms with Gasteiger partial charge in [-0.25, -0.2) is 0 Å². The van der Waals surface area contributed by atoms with E-state index >= 15 is 0 Å². The number of hydrogen-bond donors (Lipinski definition) is 1. The molecule has 0 aliphatic heterocycles. The van der Waals surface area contributed by atoms with Crippen LogP contribution in [0.2, 0.25) is 0 Å².